The molecule has 3 aromatic rings. The average molecular weight is 522 g/mol. The Morgan fingerprint density at radius 3 is 2.22 bits per heavy atom. The molecule has 0 fully saturated rings. The summed E-state index contributed by atoms with van der Waals surface area (Å²) >= 11 is 0. The minimum Gasteiger partial charge on any atom is -0.464 e. The van der Waals surface area contributed by atoms with Crippen molar-refractivity contribution < 1.29 is 45.4 Å². The van der Waals surface area contributed by atoms with Crippen LogP contribution in [-0.4, -0.2) is 55.2 Å². The van der Waals surface area contributed by atoms with Crippen LogP contribution in [0.4, 0.5) is 0 Å². The van der Waals surface area contributed by atoms with Crippen LogP contribution in [0.5, 0.6) is 5.88 Å². The normalized spacial score (nSPS) is 11.5. The van der Waals surface area contributed by atoms with Crippen LogP contribution in [0.2, 0.25) is 0 Å². The second kappa shape index (κ2) is 11.0. The van der Waals surface area contributed by atoms with Gasteiger partial charge in [0.2, 0.25) is 17.2 Å². The number of hydrogen-bond donors (Lipinski definition) is 1. The van der Waals surface area contributed by atoms with Gasteiger partial charge in [-0.15, -0.1) is 0 Å². The number of rotatable bonds is 11. The van der Waals surface area contributed by atoms with Crippen molar-refractivity contribution in [1.29, 1.82) is 0 Å². The van der Waals surface area contributed by atoms with Crippen molar-refractivity contribution in [2.75, 3.05) is 13.2 Å². The number of oxazole rings is 1. The summed E-state index contributed by atoms with van der Waals surface area (Å²) in [6.07, 6.45) is 1.76. The zero-order valence-corrected chi connectivity index (χ0v) is 20.4. The van der Waals surface area contributed by atoms with E-state index in [1.807, 2.05) is 0 Å². The average Bonchev–Trinajstić information content (AvgIpc) is 3.49. The van der Waals surface area contributed by atoms with Crippen LogP contribution in [-0.2, 0) is 40.4 Å². The molecule has 13 nitrogen and oxygen atoms in total. The highest BCUT2D eigenvalue weighted by Crippen LogP contribution is 2.35. The molecule has 0 aliphatic carbocycles. The summed E-state index contributed by atoms with van der Waals surface area (Å²) < 4.78 is 51.5. The predicted octanol–water partition coefficient (Wildman–Crippen LogP) is 1.64. The van der Waals surface area contributed by atoms with Gasteiger partial charge in [0.1, 0.15) is 11.2 Å². The van der Waals surface area contributed by atoms with Gasteiger partial charge in [-0.2, -0.15) is 8.42 Å². The van der Waals surface area contributed by atoms with Crippen LogP contribution in [0.1, 0.15) is 26.3 Å². The molecular weight excluding hydrogens is 498 g/mol. The summed E-state index contributed by atoms with van der Waals surface area (Å²) in [5, 5.41) is 5.95. The number of aromatic nitrogens is 2. The molecule has 1 amide bonds. The maximum Gasteiger partial charge on any atom is 0.344 e. The highest BCUT2D eigenvalue weighted by atomic mass is 32.2. The largest absolute Gasteiger partial charge is 0.464 e. The SMILES string of the molecule is CCOC(=O)C(Cc1c(OS(=O)(=O)c2ccccc2)noc1-c1ncco1)(NC(C)=O)C(=O)OCC. The van der Waals surface area contributed by atoms with Crippen LogP contribution in [0.25, 0.3) is 11.7 Å². The van der Waals surface area contributed by atoms with E-state index in [0.29, 0.717) is 0 Å². The summed E-state index contributed by atoms with van der Waals surface area (Å²) in [7, 11) is -4.42. The molecule has 0 radical (unpaired) electrons. The number of ether oxygens (including phenoxy) is 2. The fourth-order valence-corrected chi connectivity index (χ4v) is 4.13. The highest BCUT2D eigenvalue weighted by molar-refractivity contribution is 7.87. The van der Waals surface area contributed by atoms with Gasteiger partial charge in [-0.05, 0) is 31.1 Å². The Morgan fingerprint density at radius 2 is 1.69 bits per heavy atom. The smallest absolute Gasteiger partial charge is 0.344 e. The van der Waals surface area contributed by atoms with Crippen molar-refractivity contribution in [3.63, 3.8) is 0 Å². The number of nitrogens with one attached hydrogen (secondary N) is 1. The van der Waals surface area contributed by atoms with E-state index < -0.39 is 45.8 Å². The van der Waals surface area contributed by atoms with E-state index in [1.54, 1.807) is 6.07 Å². The first-order valence-electron chi connectivity index (χ1n) is 10.7. The molecule has 0 saturated heterocycles. The second-order valence-corrected chi connectivity index (χ2v) is 8.73. The Hall–Kier alpha value is -4.20. The number of hydrogen-bond acceptors (Lipinski definition) is 12. The van der Waals surface area contributed by atoms with Gasteiger partial charge in [-0.3, -0.25) is 4.79 Å². The number of carbonyl (C=O) groups excluding carboxylic acids is 3. The van der Waals surface area contributed by atoms with E-state index in [1.165, 1.54) is 50.6 Å². The third-order valence-corrected chi connectivity index (χ3v) is 5.91. The van der Waals surface area contributed by atoms with Gasteiger partial charge in [0.15, 0.2) is 0 Å². The van der Waals surface area contributed by atoms with E-state index in [9.17, 15) is 22.8 Å². The lowest BCUT2D eigenvalue weighted by atomic mass is 9.90. The molecule has 192 valence electrons. The number of esters is 2. The van der Waals surface area contributed by atoms with E-state index >= 15 is 0 Å². The molecule has 14 heteroatoms. The van der Waals surface area contributed by atoms with Crippen LogP contribution in [0.15, 0.2) is 56.6 Å². The summed E-state index contributed by atoms with van der Waals surface area (Å²) in [6, 6.07) is 7.18. The quantitative estimate of drug-likeness (QED) is 0.219. The molecule has 0 spiro atoms. The van der Waals surface area contributed by atoms with Crippen LogP contribution >= 0.6 is 0 Å². The van der Waals surface area contributed by atoms with Gasteiger partial charge in [-0.25, -0.2) is 14.6 Å². The third kappa shape index (κ3) is 5.54. The monoisotopic (exact) mass is 521 g/mol. The predicted molar refractivity (Wildman–Crippen MR) is 120 cm³/mol. The van der Waals surface area contributed by atoms with Crippen molar-refractivity contribution >= 4 is 28.0 Å². The molecule has 0 atom stereocenters. The van der Waals surface area contributed by atoms with Crippen molar-refractivity contribution in [1.82, 2.24) is 15.5 Å². The number of carbonyl (C=O) groups is 3. The Labute approximate surface area is 205 Å². The summed E-state index contributed by atoms with van der Waals surface area (Å²) in [5.41, 5.74) is -2.67. The molecule has 36 heavy (non-hydrogen) atoms. The van der Waals surface area contributed by atoms with Crippen LogP contribution < -0.4 is 9.50 Å². The molecule has 0 aliphatic heterocycles. The molecule has 0 unspecified atom stereocenters. The maximum absolute atomic E-state index is 13.1. The van der Waals surface area contributed by atoms with E-state index in [0.717, 1.165) is 6.92 Å². The van der Waals surface area contributed by atoms with Crippen molar-refractivity contribution in [2.45, 2.75) is 37.6 Å². The molecular formula is C22H23N3O10S. The fourth-order valence-electron chi connectivity index (χ4n) is 3.21. The number of amides is 1. The van der Waals surface area contributed by atoms with Gasteiger partial charge >= 0.3 is 22.1 Å². The van der Waals surface area contributed by atoms with Gasteiger partial charge in [0, 0.05) is 13.3 Å². The molecule has 0 aliphatic rings. The van der Waals surface area contributed by atoms with E-state index in [-0.39, 0.29) is 35.3 Å². The molecule has 3 rings (SSSR count). The van der Waals surface area contributed by atoms with Crippen molar-refractivity contribution in [2.24, 2.45) is 0 Å². The standard InChI is InChI=1S/C22H23N3O10S/c1-4-31-20(27)22(24-14(3)26,21(28)32-5-2)13-16-17(19-23-11-12-33-19)34-25-18(16)35-36(29,30)15-9-7-6-8-10-15/h6-12H,4-5,13H2,1-3H3,(H,24,26). The van der Waals surface area contributed by atoms with E-state index in [2.05, 4.69) is 15.5 Å². The van der Waals surface area contributed by atoms with Gasteiger partial charge in [-0.1, -0.05) is 18.2 Å². The molecule has 1 N–H and O–H groups in total. The Morgan fingerprint density at radius 1 is 1.06 bits per heavy atom. The van der Waals surface area contributed by atoms with Gasteiger partial charge in [0.25, 0.3) is 11.8 Å². The lowest BCUT2D eigenvalue weighted by Crippen LogP contribution is -2.62. The lowest BCUT2D eigenvalue weighted by molar-refractivity contribution is -0.168. The Kier molecular flexibility index (Phi) is 8.09. The summed E-state index contributed by atoms with van der Waals surface area (Å²) in [5.74, 6) is -4.11. The second-order valence-electron chi connectivity index (χ2n) is 7.19. The minimum absolute atomic E-state index is 0.137. The highest BCUT2D eigenvalue weighted by Gasteiger charge is 2.52. The van der Waals surface area contributed by atoms with Crippen molar-refractivity contribution in [3.05, 3.63) is 48.4 Å². The number of nitrogens with zero attached hydrogens (tertiary/aromatic N) is 2. The van der Waals surface area contributed by atoms with Crippen LogP contribution in [0.3, 0.4) is 0 Å². The third-order valence-electron chi connectivity index (χ3n) is 4.68. The summed E-state index contributed by atoms with van der Waals surface area (Å²) in [4.78, 5) is 42.0. The number of benzene rings is 1. The first-order valence-corrected chi connectivity index (χ1v) is 12.1. The van der Waals surface area contributed by atoms with E-state index in [4.69, 9.17) is 22.6 Å². The lowest BCUT2D eigenvalue weighted by Gasteiger charge is -2.29. The van der Waals surface area contributed by atoms with Gasteiger partial charge < -0.3 is 27.9 Å². The van der Waals surface area contributed by atoms with Crippen LogP contribution in [0, 0.1) is 0 Å². The summed E-state index contributed by atoms with van der Waals surface area (Å²) in [6.45, 7) is 3.80. The zero-order valence-electron chi connectivity index (χ0n) is 19.5. The molecule has 2 heterocycles. The van der Waals surface area contributed by atoms with Crippen molar-refractivity contribution in [3.8, 4) is 17.5 Å². The molecule has 0 bridgehead atoms. The first-order chi connectivity index (χ1) is 17.1. The first kappa shape index (κ1) is 26.4. The molecule has 2 aromatic heterocycles. The minimum atomic E-state index is -4.42. The molecule has 1 aromatic carbocycles. The van der Waals surface area contributed by atoms with Gasteiger partial charge in [0.05, 0.1) is 25.0 Å². The Bertz CT molecular complexity index is 1300. The Balaban J connectivity index is 2.18. The topological polar surface area (TPSA) is 177 Å². The fraction of sp³-hybridized carbons (Fsp3) is 0.318. The zero-order chi connectivity index (χ0) is 26.3. The maximum atomic E-state index is 13.1. The molecule has 0 saturated carbocycles.